The summed E-state index contributed by atoms with van der Waals surface area (Å²) in [4.78, 5) is 25.4. The Kier molecular flexibility index (Phi) is 4.44. The van der Waals surface area contributed by atoms with E-state index in [0.29, 0.717) is 5.13 Å². The Labute approximate surface area is 131 Å². The Morgan fingerprint density at radius 1 is 1.33 bits per heavy atom. The van der Waals surface area contributed by atoms with Crippen molar-refractivity contribution in [3.05, 3.63) is 0 Å². The van der Waals surface area contributed by atoms with Gasteiger partial charge in [-0.25, -0.2) is 0 Å². The third kappa shape index (κ3) is 3.55. The molecule has 1 aliphatic heterocycles. The Balaban J connectivity index is 1.69. The van der Waals surface area contributed by atoms with E-state index in [4.69, 9.17) is 0 Å². The third-order valence-corrected chi connectivity index (χ3v) is 5.85. The van der Waals surface area contributed by atoms with Gasteiger partial charge in [-0.05, 0) is 25.7 Å². The first-order valence-corrected chi connectivity index (χ1v) is 8.92. The lowest BCUT2D eigenvalue weighted by Crippen LogP contribution is -2.30. The van der Waals surface area contributed by atoms with Crippen LogP contribution in [0.25, 0.3) is 0 Å². The van der Waals surface area contributed by atoms with E-state index in [1.165, 1.54) is 23.1 Å². The highest BCUT2D eigenvalue weighted by Gasteiger charge is 2.34. The number of nitrogens with one attached hydrogen (secondary N) is 1. The molecule has 0 unspecified atom stereocenters. The van der Waals surface area contributed by atoms with Crippen LogP contribution in [0.15, 0.2) is 4.34 Å². The minimum atomic E-state index is -0.0972. The molecule has 0 bridgehead atoms. The van der Waals surface area contributed by atoms with Crippen molar-refractivity contribution in [1.82, 2.24) is 15.5 Å². The van der Waals surface area contributed by atoms with Gasteiger partial charge in [0, 0.05) is 19.5 Å². The second kappa shape index (κ2) is 6.31. The molecule has 2 heterocycles. The molecular weight excluding hydrogens is 308 g/mol. The van der Waals surface area contributed by atoms with Crippen LogP contribution >= 0.6 is 23.1 Å². The fourth-order valence-corrected chi connectivity index (χ4v) is 4.64. The van der Waals surface area contributed by atoms with Gasteiger partial charge in [0.25, 0.3) is 0 Å². The van der Waals surface area contributed by atoms with Crippen molar-refractivity contribution >= 4 is 40.0 Å². The van der Waals surface area contributed by atoms with Crippen LogP contribution in [-0.4, -0.2) is 39.8 Å². The number of hydrogen-bond acceptors (Lipinski definition) is 6. The molecule has 21 heavy (non-hydrogen) atoms. The highest BCUT2D eigenvalue weighted by molar-refractivity contribution is 8.02. The van der Waals surface area contributed by atoms with E-state index in [1.54, 1.807) is 11.8 Å². The number of amides is 2. The molecule has 0 spiro atoms. The first-order valence-electron chi connectivity index (χ1n) is 7.23. The number of thioether (sulfide) groups is 1. The fourth-order valence-electron chi connectivity index (χ4n) is 2.37. The van der Waals surface area contributed by atoms with Crippen LogP contribution < -0.4 is 10.2 Å². The summed E-state index contributed by atoms with van der Waals surface area (Å²) in [5.41, 5.74) is 0. The van der Waals surface area contributed by atoms with Gasteiger partial charge in [0.15, 0.2) is 4.34 Å². The quantitative estimate of drug-likeness (QED) is 0.854. The van der Waals surface area contributed by atoms with Gasteiger partial charge in [0.05, 0.1) is 5.25 Å². The second-order valence-corrected chi connectivity index (χ2v) is 7.77. The van der Waals surface area contributed by atoms with Crippen molar-refractivity contribution in [2.75, 3.05) is 11.4 Å². The lowest BCUT2D eigenvalue weighted by Gasteiger charge is -2.15. The summed E-state index contributed by atoms with van der Waals surface area (Å²) in [5, 5.41) is 11.8. The lowest BCUT2D eigenvalue weighted by atomic mass is 10.2. The predicted molar refractivity (Wildman–Crippen MR) is 82.6 cm³/mol. The molecule has 3 rings (SSSR count). The van der Waals surface area contributed by atoms with Crippen molar-refractivity contribution in [2.45, 2.75) is 54.7 Å². The van der Waals surface area contributed by atoms with Crippen molar-refractivity contribution in [3.63, 3.8) is 0 Å². The molecule has 1 saturated carbocycles. The molecule has 8 heteroatoms. The Bertz CT molecular complexity index is 544. The molecule has 114 valence electrons. The standard InChI is InChI=1S/C13H18N4O2S2/c1-8(18)17(9-5-6-9)12-15-16-13(21-12)20-10-4-2-3-7-14-11(10)19/h9-10H,2-7H2,1H3,(H,14,19)/t10-/m1/s1. The van der Waals surface area contributed by atoms with Gasteiger partial charge in [0.1, 0.15) is 0 Å². The average molecular weight is 326 g/mol. The van der Waals surface area contributed by atoms with E-state index in [9.17, 15) is 9.59 Å². The molecule has 1 aromatic rings. The Morgan fingerprint density at radius 3 is 2.86 bits per heavy atom. The van der Waals surface area contributed by atoms with Crippen molar-refractivity contribution < 1.29 is 9.59 Å². The lowest BCUT2D eigenvalue weighted by molar-refractivity contribution is -0.120. The predicted octanol–water partition coefficient (Wildman–Crippen LogP) is 1.81. The summed E-state index contributed by atoms with van der Waals surface area (Å²) in [6.07, 6.45) is 5.01. The first kappa shape index (κ1) is 14.8. The Hall–Kier alpha value is -1.15. The minimum absolute atomic E-state index is 0.0115. The number of nitrogens with zero attached hydrogens (tertiary/aromatic N) is 3. The van der Waals surface area contributed by atoms with Gasteiger partial charge in [-0.3, -0.25) is 14.5 Å². The van der Waals surface area contributed by atoms with Gasteiger partial charge < -0.3 is 5.32 Å². The van der Waals surface area contributed by atoms with Crippen molar-refractivity contribution in [1.29, 1.82) is 0 Å². The SMILES string of the molecule is CC(=O)N(c1nnc(S[C@@H]2CCCCNC2=O)s1)C1CC1. The highest BCUT2D eigenvalue weighted by Crippen LogP contribution is 2.37. The zero-order chi connectivity index (χ0) is 14.8. The normalized spacial score (nSPS) is 22.5. The molecule has 0 aromatic carbocycles. The van der Waals surface area contributed by atoms with Gasteiger partial charge in [-0.1, -0.05) is 29.5 Å². The number of aromatic nitrogens is 2. The summed E-state index contributed by atoms with van der Waals surface area (Å²) in [6, 6.07) is 0.287. The Morgan fingerprint density at radius 2 is 2.14 bits per heavy atom. The van der Waals surface area contributed by atoms with Crippen LogP contribution in [0.3, 0.4) is 0 Å². The van der Waals surface area contributed by atoms with E-state index in [1.807, 2.05) is 0 Å². The zero-order valence-electron chi connectivity index (χ0n) is 11.9. The second-order valence-electron chi connectivity index (χ2n) is 5.36. The molecule has 1 atom stereocenters. The van der Waals surface area contributed by atoms with Crippen molar-refractivity contribution in [3.8, 4) is 0 Å². The third-order valence-electron chi connectivity index (χ3n) is 3.58. The van der Waals surface area contributed by atoms with E-state index in [0.717, 1.165) is 43.0 Å². The first-order chi connectivity index (χ1) is 10.1. The van der Waals surface area contributed by atoms with E-state index >= 15 is 0 Å². The van der Waals surface area contributed by atoms with Crippen LogP contribution in [-0.2, 0) is 9.59 Å². The van der Waals surface area contributed by atoms with Gasteiger partial charge in [0.2, 0.25) is 16.9 Å². The molecule has 1 aromatic heterocycles. The van der Waals surface area contributed by atoms with Crippen LogP contribution in [0.1, 0.15) is 39.0 Å². The summed E-state index contributed by atoms with van der Waals surface area (Å²) >= 11 is 2.87. The van der Waals surface area contributed by atoms with E-state index in [2.05, 4.69) is 15.5 Å². The summed E-state index contributed by atoms with van der Waals surface area (Å²) in [5.74, 6) is 0.0947. The maximum Gasteiger partial charge on any atom is 0.233 e. The van der Waals surface area contributed by atoms with E-state index < -0.39 is 0 Å². The maximum atomic E-state index is 11.9. The van der Waals surface area contributed by atoms with Crippen LogP contribution in [0, 0.1) is 0 Å². The molecule has 6 nitrogen and oxygen atoms in total. The number of hydrogen-bond donors (Lipinski definition) is 1. The molecule has 2 aliphatic rings. The van der Waals surface area contributed by atoms with Crippen LogP contribution in [0.4, 0.5) is 5.13 Å². The fraction of sp³-hybridized carbons (Fsp3) is 0.692. The highest BCUT2D eigenvalue weighted by atomic mass is 32.2. The molecule has 0 radical (unpaired) electrons. The molecule has 1 N–H and O–H groups in total. The number of rotatable bonds is 4. The summed E-state index contributed by atoms with van der Waals surface area (Å²) in [6.45, 7) is 2.32. The maximum absolute atomic E-state index is 11.9. The van der Waals surface area contributed by atoms with Crippen LogP contribution in [0.5, 0.6) is 0 Å². The summed E-state index contributed by atoms with van der Waals surface area (Å²) < 4.78 is 0.763. The average Bonchev–Trinajstić information content (AvgIpc) is 3.18. The topological polar surface area (TPSA) is 75.2 Å². The largest absolute Gasteiger partial charge is 0.355 e. The van der Waals surface area contributed by atoms with E-state index in [-0.39, 0.29) is 23.1 Å². The number of carbonyl (C=O) groups is 2. The zero-order valence-corrected chi connectivity index (χ0v) is 13.5. The number of anilines is 1. The van der Waals surface area contributed by atoms with Gasteiger partial charge in [-0.15, -0.1) is 10.2 Å². The van der Waals surface area contributed by atoms with Crippen molar-refractivity contribution in [2.24, 2.45) is 0 Å². The smallest absolute Gasteiger partial charge is 0.233 e. The number of carbonyl (C=O) groups excluding carboxylic acids is 2. The van der Waals surface area contributed by atoms with Crippen LogP contribution in [0.2, 0.25) is 0 Å². The monoisotopic (exact) mass is 326 g/mol. The molecular formula is C13H18N4O2S2. The minimum Gasteiger partial charge on any atom is -0.355 e. The molecule has 2 fully saturated rings. The summed E-state index contributed by atoms with van der Waals surface area (Å²) in [7, 11) is 0. The molecule has 1 aliphatic carbocycles. The molecule has 2 amide bonds. The van der Waals surface area contributed by atoms with Gasteiger partial charge in [-0.2, -0.15) is 0 Å². The molecule has 1 saturated heterocycles. The van der Waals surface area contributed by atoms with Gasteiger partial charge >= 0.3 is 0 Å².